The molecule has 0 aromatic heterocycles. The third kappa shape index (κ3) is 9.74. The summed E-state index contributed by atoms with van der Waals surface area (Å²) in [5, 5.41) is 3.47. The lowest BCUT2D eigenvalue weighted by Crippen LogP contribution is -2.28. The number of rotatable bonds is 11. The molecule has 0 aliphatic carbocycles. The zero-order valence-corrected chi connectivity index (χ0v) is 10.3. The predicted molar refractivity (Wildman–Crippen MR) is 70.2 cm³/mol. The smallest absolute Gasteiger partial charge is 0.0135 e. The zero-order chi connectivity index (χ0) is 11.4. The van der Waals surface area contributed by atoms with Crippen molar-refractivity contribution < 1.29 is 0 Å². The molecule has 0 saturated heterocycles. The Morgan fingerprint density at radius 3 is 2.40 bits per heavy atom. The summed E-state index contributed by atoms with van der Waals surface area (Å²) < 4.78 is 0. The van der Waals surface area contributed by atoms with Gasteiger partial charge in [0.1, 0.15) is 0 Å². The molecule has 0 rings (SSSR count). The van der Waals surface area contributed by atoms with Gasteiger partial charge in [-0.2, -0.15) is 0 Å². The summed E-state index contributed by atoms with van der Waals surface area (Å²) >= 11 is 0. The highest BCUT2D eigenvalue weighted by atomic mass is 14.9. The van der Waals surface area contributed by atoms with Crippen LogP contribution in [0.5, 0.6) is 0 Å². The van der Waals surface area contributed by atoms with Crippen molar-refractivity contribution in [1.82, 2.24) is 5.32 Å². The summed E-state index contributed by atoms with van der Waals surface area (Å²) in [7, 11) is 0. The molecule has 0 radical (unpaired) electrons. The van der Waals surface area contributed by atoms with Gasteiger partial charge in [-0.05, 0) is 12.8 Å². The maximum Gasteiger partial charge on any atom is 0.0135 e. The molecular formula is C14H27N. The van der Waals surface area contributed by atoms with E-state index in [9.17, 15) is 0 Å². The normalized spacial score (nSPS) is 12.3. The largest absolute Gasteiger partial charge is 0.310 e. The van der Waals surface area contributed by atoms with Crippen molar-refractivity contribution in [3.63, 3.8) is 0 Å². The van der Waals surface area contributed by atoms with Gasteiger partial charge in [0, 0.05) is 12.6 Å². The van der Waals surface area contributed by atoms with Crippen molar-refractivity contribution in [1.29, 1.82) is 0 Å². The average Bonchev–Trinajstić information content (AvgIpc) is 2.25. The van der Waals surface area contributed by atoms with Crippen molar-refractivity contribution in [2.75, 3.05) is 6.54 Å². The van der Waals surface area contributed by atoms with E-state index in [2.05, 4.69) is 25.4 Å². The fraction of sp³-hybridized carbons (Fsp3) is 0.714. The average molecular weight is 209 g/mol. The summed E-state index contributed by atoms with van der Waals surface area (Å²) in [4.78, 5) is 0. The molecule has 0 unspecified atom stereocenters. The van der Waals surface area contributed by atoms with Crippen molar-refractivity contribution >= 4 is 0 Å². The molecule has 15 heavy (non-hydrogen) atoms. The first-order valence-electron chi connectivity index (χ1n) is 6.30. The van der Waals surface area contributed by atoms with Crippen molar-refractivity contribution in [3.05, 3.63) is 25.3 Å². The highest BCUT2D eigenvalue weighted by Crippen LogP contribution is 2.09. The molecule has 1 heteroatoms. The third-order valence-electron chi connectivity index (χ3n) is 2.66. The van der Waals surface area contributed by atoms with E-state index >= 15 is 0 Å². The number of hydrogen-bond donors (Lipinski definition) is 1. The van der Waals surface area contributed by atoms with E-state index in [4.69, 9.17) is 0 Å². The van der Waals surface area contributed by atoms with Crippen molar-refractivity contribution in [2.45, 2.75) is 57.9 Å². The first kappa shape index (κ1) is 14.4. The molecule has 0 aromatic carbocycles. The Hall–Kier alpha value is -0.560. The van der Waals surface area contributed by atoms with Crippen LogP contribution in [0.4, 0.5) is 0 Å². The second kappa shape index (κ2) is 11.5. The first-order valence-corrected chi connectivity index (χ1v) is 6.30. The van der Waals surface area contributed by atoms with Gasteiger partial charge in [-0.15, -0.1) is 13.2 Å². The maximum atomic E-state index is 3.80. The number of hydrogen-bond acceptors (Lipinski definition) is 1. The first-order chi connectivity index (χ1) is 7.35. The Labute approximate surface area is 95.7 Å². The zero-order valence-electron chi connectivity index (χ0n) is 10.3. The highest BCUT2D eigenvalue weighted by Gasteiger charge is 2.03. The van der Waals surface area contributed by atoms with Gasteiger partial charge in [0.15, 0.2) is 0 Å². The molecule has 1 N–H and O–H groups in total. The lowest BCUT2D eigenvalue weighted by molar-refractivity contribution is 0.474. The molecule has 1 nitrogen and oxygen atoms in total. The monoisotopic (exact) mass is 209 g/mol. The summed E-state index contributed by atoms with van der Waals surface area (Å²) in [5.74, 6) is 0. The van der Waals surface area contributed by atoms with E-state index in [0.717, 1.165) is 13.0 Å². The lowest BCUT2D eigenvalue weighted by Gasteiger charge is -2.15. The minimum Gasteiger partial charge on any atom is -0.310 e. The Morgan fingerprint density at radius 2 is 1.80 bits per heavy atom. The highest BCUT2D eigenvalue weighted by molar-refractivity contribution is 4.81. The SMILES string of the molecule is C=CCN[C@@H](CC=C)CCCCCCC. The van der Waals surface area contributed by atoms with Gasteiger partial charge in [0.25, 0.3) is 0 Å². The van der Waals surface area contributed by atoms with Gasteiger partial charge < -0.3 is 5.32 Å². The molecule has 88 valence electrons. The molecule has 0 fully saturated rings. The molecule has 0 bridgehead atoms. The van der Waals surface area contributed by atoms with Crippen LogP contribution in [0.15, 0.2) is 25.3 Å². The summed E-state index contributed by atoms with van der Waals surface area (Å²) in [6.45, 7) is 10.7. The maximum absolute atomic E-state index is 3.80. The van der Waals surface area contributed by atoms with Gasteiger partial charge >= 0.3 is 0 Å². The standard InChI is InChI=1S/C14H27N/c1-4-7-8-9-10-12-14(11-5-2)15-13-6-3/h5-6,14-15H,2-4,7-13H2,1H3/t14-/m0/s1. The van der Waals surface area contributed by atoms with Crippen LogP contribution < -0.4 is 5.32 Å². The molecule has 1 atom stereocenters. The molecule has 0 aliphatic rings. The van der Waals surface area contributed by atoms with E-state index in [1.165, 1.54) is 38.5 Å². The minimum atomic E-state index is 0.599. The Bertz CT molecular complexity index is 151. The van der Waals surface area contributed by atoms with E-state index in [1.807, 2.05) is 12.2 Å². The Balaban J connectivity index is 3.46. The van der Waals surface area contributed by atoms with Gasteiger partial charge in [-0.3, -0.25) is 0 Å². The second-order valence-corrected chi connectivity index (χ2v) is 4.12. The summed E-state index contributed by atoms with van der Waals surface area (Å²) in [6, 6.07) is 0.599. The van der Waals surface area contributed by atoms with Crippen LogP contribution in [0.2, 0.25) is 0 Å². The molecular weight excluding hydrogens is 182 g/mol. The van der Waals surface area contributed by atoms with Crippen molar-refractivity contribution in [3.8, 4) is 0 Å². The van der Waals surface area contributed by atoms with Gasteiger partial charge in [-0.1, -0.05) is 51.2 Å². The molecule has 0 aliphatic heterocycles. The van der Waals surface area contributed by atoms with E-state index < -0.39 is 0 Å². The molecule has 0 aromatic rings. The van der Waals surface area contributed by atoms with E-state index in [0.29, 0.717) is 6.04 Å². The lowest BCUT2D eigenvalue weighted by atomic mass is 10.0. The summed E-state index contributed by atoms with van der Waals surface area (Å²) in [6.07, 6.45) is 13.1. The fourth-order valence-electron chi connectivity index (χ4n) is 1.75. The number of nitrogens with one attached hydrogen (secondary N) is 1. The Kier molecular flexibility index (Phi) is 11.1. The van der Waals surface area contributed by atoms with Crippen LogP contribution in [-0.4, -0.2) is 12.6 Å². The van der Waals surface area contributed by atoms with Crippen LogP contribution >= 0.6 is 0 Å². The van der Waals surface area contributed by atoms with E-state index in [-0.39, 0.29) is 0 Å². The molecule has 0 heterocycles. The summed E-state index contributed by atoms with van der Waals surface area (Å²) in [5.41, 5.74) is 0. The van der Waals surface area contributed by atoms with Crippen molar-refractivity contribution in [2.24, 2.45) is 0 Å². The molecule has 0 saturated carbocycles. The van der Waals surface area contributed by atoms with Crippen LogP contribution in [0.25, 0.3) is 0 Å². The number of unbranched alkanes of at least 4 members (excludes halogenated alkanes) is 4. The van der Waals surface area contributed by atoms with Gasteiger partial charge in [0.2, 0.25) is 0 Å². The molecule has 0 spiro atoms. The second-order valence-electron chi connectivity index (χ2n) is 4.12. The van der Waals surface area contributed by atoms with Crippen LogP contribution in [0, 0.1) is 0 Å². The van der Waals surface area contributed by atoms with Crippen LogP contribution in [0.1, 0.15) is 51.9 Å². The topological polar surface area (TPSA) is 12.0 Å². The van der Waals surface area contributed by atoms with Crippen LogP contribution in [-0.2, 0) is 0 Å². The van der Waals surface area contributed by atoms with Gasteiger partial charge in [-0.25, -0.2) is 0 Å². The minimum absolute atomic E-state index is 0.599. The van der Waals surface area contributed by atoms with Gasteiger partial charge in [0.05, 0.1) is 0 Å². The fourth-order valence-corrected chi connectivity index (χ4v) is 1.75. The quantitative estimate of drug-likeness (QED) is 0.399. The predicted octanol–water partition coefficient (Wildman–Crippen LogP) is 4.07. The third-order valence-corrected chi connectivity index (χ3v) is 2.66. The Morgan fingerprint density at radius 1 is 1.07 bits per heavy atom. The van der Waals surface area contributed by atoms with Crippen LogP contribution in [0.3, 0.4) is 0 Å². The molecule has 0 amide bonds. The van der Waals surface area contributed by atoms with E-state index in [1.54, 1.807) is 0 Å².